The predicted molar refractivity (Wildman–Crippen MR) is 223 cm³/mol. The number of H-pyrrole nitrogens is 1. The van der Waals surface area contributed by atoms with Gasteiger partial charge in [-0.25, -0.2) is 9.98 Å². The van der Waals surface area contributed by atoms with Crippen molar-refractivity contribution in [1.29, 1.82) is 5.41 Å². The van der Waals surface area contributed by atoms with Crippen LogP contribution in [0.1, 0.15) is 5.56 Å². The standard InChI is InChI=1S/C47H29N5S/c48-46(51-47-43(28-14-2-1-3-15-28)49-36-22-10-11-23-37(36)50-47)35-26-29-16-4-5-17-30(29)27-39(35)52-38-24-12-8-20-33(38)41-31-18-6-7-19-32(31)42-34-21-9-13-25-40(34)53-45(42)44(41)52/h1-27H,(H2,48,50,51). The summed E-state index contributed by atoms with van der Waals surface area (Å²) in [6.07, 6.45) is 0. The molecule has 0 amide bonds. The lowest BCUT2D eigenvalue weighted by Crippen LogP contribution is -2.17. The van der Waals surface area contributed by atoms with Crippen molar-refractivity contribution in [3.63, 3.8) is 0 Å². The number of para-hydroxylation sites is 3. The van der Waals surface area contributed by atoms with Crippen molar-refractivity contribution in [2.75, 3.05) is 0 Å². The van der Waals surface area contributed by atoms with Gasteiger partial charge in [0.25, 0.3) is 0 Å². The molecule has 0 aliphatic heterocycles. The SMILES string of the molecule is N=C(N=c1[nH]c2ccccc2nc1-c1ccccc1)c1cc2ccccc2cc1-n1c2ccccc2c2c3ccccc3c3c4ccccc4sc3c21. The summed E-state index contributed by atoms with van der Waals surface area (Å²) < 4.78 is 4.88. The zero-order valence-electron chi connectivity index (χ0n) is 28.3. The Hall–Kier alpha value is -6.89. The second kappa shape index (κ2) is 11.6. The fraction of sp³-hybridized carbons (Fsp3) is 0. The van der Waals surface area contributed by atoms with Gasteiger partial charge in [0.15, 0.2) is 11.3 Å². The first-order valence-electron chi connectivity index (χ1n) is 17.7. The van der Waals surface area contributed by atoms with Gasteiger partial charge in [-0.05, 0) is 57.9 Å². The smallest absolute Gasteiger partial charge is 0.159 e. The van der Waals surface area contributed by atoms with E-state index in [-0.39, 0.29) is 5.84 Å². The Labute approximate surface area is 307 Å². The van der Waals surface area contributed by atoms with E-state index in [1.54, 1.807) is 0 Å². The van der Waals surface area contributed by atoms with Gasteiger partial charge in [-0.15, -0.1) is 11.3 Å². The molecule has 0 atom stereocenters. The highest BCUT2D eigenvalue weighted by Gasteiger charge is 2.24. The van der Waals surface area contributed by atoms with E-state index in [0.717, 1.165) is 49.7 Å². The van der Waals surface area contributed by atoms with Gasteiger partial charge in [0.1, 0.15) is 5.69 Å². The molecule has 0 saturated heterocycles. The number of aromatic nitrogens is 3. The molecule has 0 radical (unpaired) electrons. The number of thiophene rings is 1. The molecule has 0 aliphatic rings. The first-order valence-corrected chi connectivity index (χ1v) is 18.5. The third-order valence-corrected chi connectivity index (χ3v) is 11.6. The average molecular weight is 696 g/mol. The molecule has 0 bridgehead atoms. The first kappa shape index (κ1) is 29.8. The van der Waals surface area contributed by atoms with Crippen LogP contribution in [0, 0.1) is 5.41 Å². The van der Waals surface area contributed by atoms with Crippen LogP contribution < -0.4 is 5.49 Å². The van der Waals surface area contributed by atoms with E-state index >= 15 is 0 Å². The van der Waals surface area contributed by atoms with Crippen LogP contribution in [0.15, 0.2) is 169 Å². The molecule has 0 fully saturated rings. The second-order valence-electron chi connectivity index (χ2n) is 13.4. The van der Waals surface area contributed by atoms with Crippen molar-refractivity contribution in [3.05, 3.63) is 175 Å². The molecule has 0 spiro atoms. The summed E-state index contributed by atoms with van der Waals surface area (Å²) in [7, 11) is 0. The van der Waals surface area contributed by atoms with Crippen LogP contribution in [0.3, 0.4) is 0 Å². The Kier molecular flexibility index (Phi) is 6.50. The third-order valence-electron chi connectivity index (χ3n) is 10.4. The number of fused-ring (bicyclic) bond motifs is 12. The summed E-state index contributed by atoms with van der Waals surface area (Å²) in [6.45, 7) is 0. The molecule has 0 saturated carbocycles. The highest BCUT2D eigenvalue weighted by molar-refractivity contribution is 7.27. The van der Waals surface area contributed by atoms with E-state index in [1.807, 2.05) is 65.9 Å². The van der Waals surface area contributed by atoms with Crippen LogP contribution in [-0.2, 0) is 0 Å². The van der Waals surface area contributed by atoms with E-state index in [4.69, 9.17) is 9.98 Å². The van der Waals surface area contributed by atoms with Crippen molar-refractivity contribution in [1.82, 2.24) is 14.5 Å². The summed E-state index contributed by atoms with van der Waals surface area (Å²) in [6, 6.07) is 57.0. The van der Waals surface area contributed by atoms with Crippen LogP contribution in [0.4, 0.5) is 0 Å². The Bertz CT molecular complexity index is 3370. The number of benzene rings is 8. The Morgan fingerprint density at radius 3 is 2.09 bits per heavy atom. The number of hydrogen-bond acceptors (Lipinski definition) is 3. The van der Waals surface area contributed by atoms with Crippen LogP contribution in [0.5, 0.6) is 0 Å². The molecule has 0 aliphatic carbocycles. The van der Waals surface area contributed by atoms with E-state index in [1.165, 1.54) is 41.7 Å². The summed E-state index contributed by atoms with van der Waals surface area (Å²) in [5.74, 6) is 0.149. The van der Waals surface area contributed by atoms with Gasteiger partial charge in [0.2, 0.25) is 0 Å². The molecule has 0 unspecified atom stereocenters. The molecule has 3 heterocycles. The zero-order chi connectivity index (χ0) is 35.0. The molecule has 5 nitrogen and oxygen atoms in total. The molecule has 8 aromatic carbocycles. The fourth-order valence-electron chi connectivity index (χ4n) is 8.07. The minimum absolute atomic E-state index is 0.149. The number of nitrogens with zero attached hydrogens (tertiary/aromatic N) is 3. The van der Waals surface area contributed by atoms with Crippen molar-refractivity contribution in [3.8, 4) is 16.9 Å². The van der Waals surface area contributed by atoms with Gasteiger partial charge < -0.3 is 9.55 Å². The number of amidine groups is 1. The molecular weight excluding hydrogens is 667 g/mol. The Morgan fingerprint density at radius 1 is 0.623 bits per heavy atom. The molecule has 11 rings (SSSR count). The monoisotopic (exact) mass is 695 g/mol. The first-order chi connectivity index (χ1) is 26.2. The van der Waals surface area contributed by atoms with Crippen molar-refractivity contribution >= 4 is 91.7 Å². The topological polar surface area (TPSA) is 69.8 Å². The fourth-order valence-corrected chi connectivity index (χ4v) is 9.33. The average Bonchev–Trinajstić information content (AvgIpc) is 3.77. The molecule has 2 N–H and O–H groups in total. The number of nitrogens with one attached hydrogen (secondary N) is 2. The van der Waals surface area contributed by atoms with Gasteiger partial charge in [0, 0.05) is 37.4 Å². The molecule has 6 heteroatoms. The zero-order valence-corrected chi connectivity index (χ0v) is 29.2. The van der Waals surface area contributed by atoms with E-state index in [9.17, 15) is 5.41 Å². The summed E-state index contributed by atoms with van der Waals surface area (Å²) in [4.78, 5) is 13.7. The van der Waals surface area contributed by atoms with Gasteiger partial charge in [-0.1, -0.05) is 127 Å². The highest BCUT2D eigenvalue weighted by atomic mass is 32.1. The predicted octanol–water partition coefficient (Wildman–Crippen LogP) is 11.9. The van der Waals surface area contributed by atoms with Crippen LogP contribution >= 0.6 is 11.3 Å². The lowest BCUT2D eigenvalue weighted by molar-refractivity contribution is 1.14. The molecule has 248 valence electrons. The second-order valence-corrected chi connectivity index (χ2v) is 14.5. The number of hydrogen-bond donors (Lipinski definition) is 2. The van der Waals surface area contributed by atoms with Gasteiger partial charge in [0.05, 0.1) is 32.5 Å². The summed E-state index contributed by atoms with van der Waals surface area (Å²) >= 11 is 1.84. The minimum Gasteiger partial charge on any atom is -0.337 e. The lowest BCUT2D eigenvalue weighted by atomic mass is 9.99. The molecular formula is C47H29N5S. The summed E-state index contributed by atoms with van der Waals surface area (Å²) in [5.41, 5.74) is 7.75. The largest absolute Gasteiger partial charge is 0.337 e. The van der Waals surface area contributed by atoms with Gasteiger partial charge in [-0.3, -0.25) is 5.41 Å². The van der Waals surface area contributed by atoms with Crippen molar-refractivity contribution < 1.29 is 0 Å². The summed E-state index contributed by atoms with van der Waals surface area (Å²) in [5, 5.41) is 19.4. The minimum atomic E-state index is 0.149. The normalized spacial score (nSPS) is 12.3. The molecule has 3 aromatic heterocycles. The number of aromatic amines is 1. The van der Waals surface area contributed by atoms with Crippen molar-refractivity contribution in [2.45, 2.75) is 0 Å². The van der Waals surface area contributed by atoms with Crippen molar-refractivity contribution in [2.24, 2.45) is 4.99 Å². The van der Waals surface area contributed by atoms with Gasteiger partial charge in [-0.2, -0.15) is 0 Å². The van der Waals surface area contributed by atoms with Crippen LogP contribution in [0.25, 0.3) is 91.5 Å². The van der Waals surface area contributed by atoms with Gasteiger partial charge >= 0.3 is 0 Å². The molecule has 11 aromatic rings. The van der Waals surface area contributed by atoms with Crippen LogP contribution in [0.2, 0.25) is 0 Å². The third kappa shape index (κ3) is 4.53. The quantitative estimate of drug-likeness (QED) is 0.140. The maximum Gasteiger partial charge on any atom is 0.159 e. The van der Waals surface area contributed by atoms with E-state index < -0.39 is 0 Å². The Balaban J connectivity index is 1.28. The molecule has 53 heavy (non-hydrogen) atoms. The number of rotatable bonds is 3. The van der Waals surface area contributed by atoms with Crippen LogP contribution in [-0.4, -0.2) is 20.4 Å². The maximum atomic E-state index is 9.83. The lowest BCUT2D eigenvalue weighted by Gasteiger charge is -2.16. The Morgan fingerprint density at radius 2 is 1.26 bits per heavy atom. The highest BCUT2D eigenvalue weighted by Crippen LogP contribution is 2.48. The van der Waals surface area contributed by atoms with E-state index in [0.29, 0.717) is 11.2 Å². The maximum absolute atomic E-state index is 9.83. The van der Waals surface area contributed by atoms with E-state index in [2.05, 4.69) is 119 Å².